The highest BCUT2D eigenvalue weighted by Crippen LogP contribution is 2.20. The topological polar surface area (TPSA) is 99.6 Å². The summed E-state index contributed by atoms with van der Waals surface area (Å²) in [4.78, 5) is 14.8. The van der Waals surface area contributed by atoms with E-state index in [9.17, 15) is 9.18 Å². The second-order valence-electron chi connectivity index (χ2n) is 3.53. The minimum atomic E-state index is -0.818. The number of nitrogen functional groups attached to an aromatic ring is 1. The van der Waals surface area contributed by atoms with Gasteiger partial charge in [-0.25, -0.2) is 9.18 Å². The number of anilines is 1. The molecule has 2 heterocycles. The van der Waals surface area contributed by atoms with Gasteiger partial charge in [0, 0.05) is 6.42 Å². The molecule has 1 aliphatic rings. The van der Waals surface area contributed by atoms with Crippen molar-refractivity contribution in [1.29, 1.82) is 0 Å². The number of aliphatic hydroxyl groups is 1. The Morgan fingerprint density at radius 2 is 2.47 bits per heavy atom. The highest BCUT2D eigenvalue weighted by Gasteiger charge is 2.25. The first kappa shape index (κ1) is 12.0. The second kappa shape index (κ2) is 4.78. The van der Waals surface area contributed by atoms with Crippen molar-refractivity contribution in [1.82, 2.24) is 9.55 Å². The van der Waals surface area contributed by atoms with E-state index in [-0.39, 0.29) is 6.61 Å². The predicted molar refractivity (Wildman–Crippen MR) is 54.4 cm³/mol. The lowest BCUT2D eigenvalue weighted by molar-refractivity contribution is -0.247. The van der Waals surface area contributed by atoms with Gasteiger partial charge in [-0.2, -0.15) is 4.98 Å². The lowest BCUT2D eigenvalue weighted by Gasteiger charge is -2.29. The molecule has 1 aromatic heterocycles. The van der Waals surface area contributed by atoms with Crippen LogP contribution in [0.3, 0.4) is 0 Å². The Morgan fingerprint density at radius 1 is 1.71 bits per heavy atom. The number of hydrogen-bond donors (Lipinski definition) is 2. The average molecular weight is 245 g/mol. The van der Waals surface area contributed by atoms with Gasteiger partial charge in [0.1, 0.15) is 6.23 Å². The standard InChI is InChI=1S/C9H12FN3O4/c10-5-3-13(9(15)12-8(5)11)6-1-2-16-7(4-14)17-6/h3,6-7,14H,1-2,4H2,(H2,11,12,15)/t6-,7-/m1/s1. The Morgan fingerprint density at radius 3 is 3.18 bits per heavy atom. The van der Waals surface area contributed by atoms with Gasteiger partial charge in [-0.05, 0) is 0 Å². The van der Waals surface area contributed by atoms with E-state index in [1.54, 1.807) is 0 Å². The maximum Gasteiger partial charge on any atom is 0.351 e. The highest BCUT2D eigenvalue weighted by atomic mass is 19.1. The summed E-state index contributed by atoms with van der Waals surface area (Å²) in [5, 5.41) is 8.88. The van der Waals surface area contributed by atoms with Gasteiger partial charge in [0.15, 0.2) is 17.9 Å². The summed E-state index contributed by atoms with van der Waals surface area (Å²) in [6.45, 7) is -0.0372. The molecule has 1 fully saturated rings. The largest absolute Gasteiger partial charge is 0.391 e. The first-order valence-corrected chi connectivity index (χ1v) is 5.04. The first-order chi connectivity index (χ1) is 8.11. The van der Waals surface area contributed by atoms with Crippen LogP contribution in [-0.2, 0) is 9.47 Å². The molecule has 0 aliphatic carbocycles. The third-order valence-corrected chi connectivity index (χ3v) is 2.37. The zero-order valence-corrected chi connectivity index (χ0v) is 8.88. The van der Waals surface area contributed by atoms with Gasteiger partial charge in [-0.3, -0.25) is 4.57 Å². The van der Waals surface area contributed by atoms with Gasteiger partial charge >= 0.3 is 5.69 Å². The Labute approximate surface area is 95.6 Å². The van der Waals surface area contributed by atoms with Crippen molar-refractivity contribution >= 4 is 5.82 Å². The third kappa shape index (κ3) is 2.43. The molecule has 0 aromatic carbocycles. The van der Waals surface area contributed by atoms with E-state index < -0.39 is 29.8 Å². The summed E-state index contributed by atoms with van der Waals surface area (Å²) in [5.41, 5.74) is 4.47. The molecule has 0 unspecified atom stereocenters. The Kier molecular flexibility index (Phi) is 3.36. The summed E-state index contributed by atoms with van der Waals surface area (Å²) in [7, 11) is 0. The molecule has 1 aromatic rings. The molecule has 8 heteroatoms. The van der Waals surface area contributed by atoms with E-state index in [0.29, 0.717) is 13.0 Å². The monoisotopic (exact) mass is 245 g/mol. The first-order valence-electron chi connectivity index (χ1n) is 5.04. The second-order valence-corrected chi connectivity index (χ2v) is 3.53. The number of nitrogens with zero attached hydrogens (tertiary/aromatic N) is 2. The van der Waals surface area contributed by atoms with Gasteiger partial charge in [-0.15, -0.1) is 0 Å². The molecular formula is C9H12FN3O4. The molecule has 94 valence electrons. The lowest BCUT2D eigenvalue weighted by Crippen LogP contribution is -2.38. The lowest BCUT2D eigenvalue weighted by atomic mass is 10.3. The maximum atomic E-state index is 13.2. The number of hydrogen-bond acceptors (Lipinski definition) is 6. The quantitative estimate of drug-likeness (QED) is 0.709. The molecule has 7 nitrogen and oxygen atoms in total. The molecular weight excluding hydrogens is 233 g/mol. The summed E-state index contributed by atoms with van der Waals surface area (Å²) in [6, 6.07) is 0. The summed E-state index contributed by atoms with van der Waals surface area (Å²) in [5.74, 6) is -1.24. The minimum absolute atomic E-state index is 0.300. The molecule has 0 amide bonds. The van der Waals surface area contributed by atoms with E-state index in [1.165, 1.54) is 0 Å². The van der Waals surface area contributed by atoms with Gasteiger partial charge < -0.3 is 20.3 Å². The van der Waals surface area contributed by atoms with E-state index in [2.05, 4.69) is 4.98 Å². The smallest absolute Gasteiger partial charge is 0.351 e. The zero-order valence-electron chi connectivity index (χ0n) is 8.88. The summed E-state index contributed by atoms with van der Waals surface area (Å²) >= 11 is 0. The van der Waals surface area contributed by atoms with E-state index in [0.717, 1.165) is 10.8 Å². The minimum Gasteiger partial charge on any atom is -0.391 e. The number of aromatic nitrogens is 2. The summed E-state index contributed by atoms with van der Waals surface area (Å²) < 4.78 is 24.5. The van der Waals surface area contributed by atoms with Crippen molar-refractivity contribution in [3.8, 4) is 0 Å². The van der Waals surface area contributed by atoms with Crippen LogP contribution in [0.2, 0.25) is 0 Å². The normalized spacial score (nSPS) is 24.8. The summed E-state index contributed by atoms with van der Waals surface area (Å²) in [6.07, 6.45) is -0.228. The molecule has 17 heavy (non-hydrogen) atoms. The van der Waals surface area contributed by atoms with E-state index >= 15 is 0 Å². The molecule has 0 spiro atoms. The fraction of sp³-hybridized carbons (Fsp3) is 0.556. The van der Waals surface area contributed by atoms with Crippen LogP contribution in [0.4, 0.5) is 10.2 Å². The molecule has 1 aliphatic heterocycles. The number of aliphatic hydroxyl groups excluding tert-OH is 1. The van der Waals surface area contributed by atoms with Crippen molar-refractivity contribution < 1.29 is 19.0 Å². The van der Waals surface area contributed by atoms with Crippen molar-refractivity contribution in [3.05, 3.63) is 22.5 Å². The van der Waals surface area contributed by atoms with Crippen LogP contribution in [0.5, 0.6) is 0 Å². The van der Waals surface area contributed by atoms with Crippen LogP contribution in [-0.4, -0.2) is 34.2 Å². The van der Waals surface area contributed by atoms with Gasteiger partial charge in [0.2, 0.25) is 0 Å². The van der Waals surface area contributed by atoms with Gasteiger partial charge in [0.05, 0.1) is 19.4 Å². The van der Waals surface area contributed by atoms with E-state index in [4.69, 9.17) is 20.3 Å². The molecule has 0 radical (unpaired) electrons. The molecule has 1 saturated heterocycles. The van der Waals surface area contributed by atoms with Gasteiger partial charge in [-0.1, -0.05) is 0 Å². The van der Waals surface area contributed by atoms with Gasteiger partial charge in [0.25, 0.3) is 0 Å². The van der Waals surface area contributed by atoms with Crippen LogP contribution in [0.1, 0.15) is 12.6 Å². The fourth-order valence-electron chi connectivity index (χ4n) is 1.55. The van der Waals surface area contributed by atoms with Crippen molar-refractivity contribution in [3.63, 3.8) is 0 Å². The van der Waals surface area contributed by atoms with Crippen LogP contribution in [0.25, 0.3) is 0 Å². The average Bonchev–Trinajstić information content (AvgIpc) is 2.34. The Bertz CT molecular complexity index is 464. The van der Waals surface area contributed by atoms with E-state index in [1.807, 2.05) is 0 Å². The molecule has 2 atom stereocenters. The number of ether oxygens (including phenoxy) is 2. The van der Waals surface area contributed by atoms with Crippen LogP contribution < -0.4 is 11.4 Å². The number of nitrogens with two attached hydrogens (primary N) is 1. The fourth-order valence-corrected chi connectivity index (χ4v) is 1.55. The predicted octanol–water partition coefficient (Wildman–Crippen LogP) is -0.782. The third-order valence-electron chi connectivity index (χ3n) is 2.37. The molecule has 0 saturated carbocycles. The molecule has 2 rings (SSSR count). The molecule has 0 bridgehead atoms. The van der Waals surface area contributed by atoms with Crippen molar-refractivity contribution in [2.45, 2.75) is 18.9 Å². The van der Waals surface area contributed by atoms with Crippen LogP contribution >= 0.6 is 0 Å². The molecule has 3 N–H and O–H groups in total. The van der Waals surface area contributed by atoms with Crippen LogP contribution in [0, 0.1) is 5.82 Å². The highest BCUT2D eigenvalue weighted by molar-refractivity contribution is 5.26. The maximum absolute atomic E-state index is 13.2. The SMILES string of the molecule is Nc1nc(=O)n([C@H]2CCO[C@@H](CO)O2)cc1F. The zero-order chi connectivity index (χ0) is 12.4. The van der Waals surface area contributed by atoms with Crippen molar-refractivity contribution in [2.75, 3.05) is 18.9 Å². The van der Waals surface area contributed by atoms with Crippen LogP contribution in [0.15, 0.2) is 11.0 Å². The Hall–Kier alpha value is -1.51. The Balaban J connectivity index is 2.27. The number of halogens is 1. The van der Waals surface area contributed by atoms with Crippen molar-refractivity contribution in [2.24, 2.45) is 0 Å². The number of rotatable bonds is 2.